The number of hydrogen-bond acceptors (Lipinski definition) is 3. The Labute approximate surface area is 162 Å². The molecule has 2 heterocycles. The fourth-order valence-electron chi connectivity index (χ4n) is 2.99. The summed E-state index contributed by atoms with van der Waals surface area (Å²) >= 11 is 1.66. The van der Waals surface area contributed by atoms with Gasteiger partial charge in [0.15, 0.2) is 0 Å². The van der Waals surface area contributed by atoms with E-state index in [0.29, 0.717) is 5.56 Å². The van der Waals surface area contributed by atoms with Crippen molar-refractivity contribution in [1.82, 2.24) is 9.55 Å². The number of amides is 1. The van der Waals surface area contributed by atoms with Crippen LogP contribution in [0, 0.1) is 6.92 Å². The van der Waals surface area contributed by atoms with E-state index in [-0.39, 0.29) is 5.91 Å². The van der Waals surface area contributed by atoms with Gasteiger partial charge >= 0.3 is 0 Å². The molecule has 0 fully saturated rings. The predicted octanol–water partition coefficient (Wildman–Crippen LogP) is 5.38. The highest BCUT2D eigenvalue weighted by Crippen LogP contribution is 2.26. The molecule has 0 saturated heterocycles. The first-order valence-electron chi connectivity index (χ1n) is 8.66. The number of imidazole rings is 1. The Morgan fingerprint density at radius 3 is 2.59 bits per heavy atom. The van der Waals surface area contributed by atoms with Crippen LogP contribution in [-0.4, -0.2) is 15.5 Å². The number of thiophene rings is 1. The van der Waals surface area contributed by atoms with Crippen LogP contribution in [0.5, 0.6) is 0 Å². The minimum Gasteiger partial charge on any atom is -0.331 e. The number of hydrogen-bond donors (Lipinski definition) is 1. The highest BCUT2D eigenvalue weighted by Gasteiger charge is 2.10. The molecule has 2 aromatic heterocycles. The van der Waals surface area contributed by atoms with Crippen molar-refractivity contribution in [3.05, 3.63) is 83.6 Å². The van der Waals surface area contributed by atoms with E-state index >= 15 is 0 Å². The second-order valence-electron chi connectivity index (χ2n) is 6.34. The molecule has 4 nitrogen and oxygen atoms in total. The summed E-state index contributed by atoms with van der Waals surface area (Å²) in [6.45, 7) is 1.97. The SMILES string of the molecule is Cc1ncc(-c2cccc(NC(=O)c3cccc(-c4cccs4)c3)c2)n1C. The van der Waals surface area contributed by atoms with Crippen LogP contribution in [-0.2, 0) is 7.05 Å². The van der Waals surface area contributed by atoms with Crippen LogP contribution >= 0.6 is 11.3 Å². The van der Waals surface area contributed by atoms with Crippen molar-refractivity contribution >= 4 is 22.9 Å². The van der Waals surface area contributed by atoms with Gasteiger partial charge in [-0.2, -0.15) is 0 Å². The zero-order chi connectivity index (χ0) is 18.8. The summed E-state index contributed by atoms with van der Waals surface area (Å²) in [6.07, 6.45) is 1.85. The molecular weight excluding hydrogens is 354 g/mol. The van der Waals surface area contributed by atoms with Gasteiger partial charge in [-0.25, -0.2) is 4.98 Å². The van der Waals surface area contributed by atoms with E-state index in [0.717, 1.165) is 33.2 Å². The molecule has 0 spiro atoms. The monoisotopic (exact) mass is 373 g/mol. The number of anilines is 1. The average molecular weight is 373 g/mol. The van der Waals surface area contributed by atoms with Gasteiger partial charge in [-0.05, 0) is 48.2 Å². The van der Waals surface area contributed by atoms with Gasteiger partial charge in [0.2, 0.25) is 0 Å². The standard InChI is InChI=1S/C22H19N3OS/c1-15-23-14-20(25(15)2)16-6-4-9-19(13-16)24-22(26)18-8-3-7-17(12-18)21-10-5-11-27-21/h3-14H,1-2H3,(H,24,26). The fourth-order valence-corrected chi connectivity index (χ4v) is 3.71. The molecule has 2 aromatic carbocycles. The number of benzene rings is 2. The Bertz CT molecular complexity index is 1100. The number of aromatic nitrogens is 2. The van der Waals surface area contributed by atoms with Crippen molar-refractivity contribution < 1.29 is 4.79 Å². The summed E-state index contributed by atoms with van der Waals surface area (Å²) in [4.78, 5) is 18.2. The van der Waals surface area contributed by atoms with Crippen LogP contribution in [0.4, 0.5) is 5.69 Å². The van der Waals surface area contributed by atoms with Crippen LogP contribution in [0.2, 0.25) is 0 Å². The summed E-state index contributed by atoms with van der Waals surface area (Å²) in [5.41, 5.74) is 4.49. The van der Waals surface area contributed by atoms with Crippen LogP contribution in [0.15, 0.2) is 72.2 Å². The lowest BCUT2D eigenvalue weighted by Gasteiger charge is -2.09. The third-order valence-corrected chi connectivity index (χ3v) is 5.49. The van der Waals surface area contributed by atoms with Crippen molar-refractivity contribution in [2.75, 3.05) is 5.32 Å². The topological polar surface area (TPSA) is 46.9 Å². The van der Waals surface area contributed by atoms with Gasteiger partial charge in [0.25, 0.3) is 5.91 Å². The first kappa shape index (κ1) is 17.2. The molecular formula is C22H19N3OS. The molecule has 5 heteroatoms. The number of carbonyl (C=O) groups excluding carboxylic acids is 1. The van der Waals surface area contributed by atoms with Gasteiger partial charge < -0.3 is 9.88 Å². The zero-order valence-corrected chi connectivity index (χ0v) is 16.0. The molecule has 0 atom stereocenters. The van der Waals surface area contributed by atoms with Crippen LogP contribution in [0.25, 0.3) is 21.7 Å². The Morgan fingerprint density at radius 2 is 1.85 bits per heavy atom. The van der Waals surface area contributed by atoms with Crippen LogP contribution in [0.3, 0.4) is 0 Å². The maximum atomic E-state index is 12.7. The molecule has 0 unspecified atom stereocenters. The Kier molecular flexibility index (Phi) is 4.60. The molecule has 4 rings (SSSR count). The van der Waals surface area contributed by atoms with Crippen molar-refractivity contribution in [3.63, 3.8) is 0 Å². The third kappa shape index (κ3) is 3.55. The van der Waals surface area contributed by atoms with Gasteiger partial charge in [0.05, 0.1) is 11.9 Å². The van der Waals surface area contributed by atoms with Crippen molar-refractivity contribution in [1.29, 1.82) is 0 Å². The van der Waals surface area contributed by atoms with Gasteiger partial charge in [-0.1, -0.05) is 30.3 Å². The Morgan fingerprint density at radius 1 is 1.04 bits per heavy atom. The number of aryl methyl sites for hydroxylation is 1. The van der Waals surface area contributed by atoms with Gasteiger partial charge in [-0.15, -0.1) is 11.3 Å². The van der Waals surface area contributed by atoms with E-state index in [4.69, 9.17) is 0 Å². The molecule has 4 aromatic rings. The molecule has 0 radical (unpaired) electrons. The highest BCUT2D eigenvalue weighted by atomic mass is 32.1. The Hall–Kier alpha value is -3.18. The quantitative estimate of drug-likeness (QED) is 0.522. The molecule has 0 aliphatic carbocycles. The van der Waals surface area contributed by atoms with Gasteiger partial charge in [0.1, 0.15) is 5.82 Å². The summed E-state index contributed by atoms with van der Waals surface area (Å²) < 4.78 is 2.03. The molecule has 0 aliphatic heterocycles. The minimum atomic E-state index is -0.119. The molecule has 27 heavy (non-hydrogen) atoms. The normalized spacial score (nSPS) is 10.7. The largest absolute Gasteiger partial charge is 0.331 e. The van der Waals surface area contributed by atoms with E-state index in [1.807, 2.05) is 84.7 Å². The molecule has 0 saturated carbocycles. The first-order chi connectivity index (χ1) is 13.1. The van der Waals surface area contributed by atoms with Gasteiger partial charge in [0, 0.05) is 28.7 Å². The Balaban J connectivity index is 1.58. The number of carbonyl (C=O) groups is 1. The van der Waals surface area contributed by atoms with Crippen molar-refractivity contribution in [3.8, 4) is 21.7 Å². The fraction of sp³-hybridized carbons (Fsp3) is 0.0909. The summed E-state index contributed by atoms with van der Waals surface area (Å²) in [5, 5.41) is 5.04. The average Bonchev–Trinajstić information content (AvgIpc) is 3.33. The second kappa shape index (κ2) is 7.21. The summed E-state index contributed by atoms with van der Waals surface area (Å²) in [6, 6.07) is 19.6. The maximum Gasteiger partial charge on any atom is 0.255 e. The smallest absolute Gasteiger partial charge is 0.255 e. The van der Waals surface area contributed by atoms with E-state index < -0.39 is 0 Å². The van der Waals surface area contributed by atoms with E-state index in [1.54, 1.807) is 11.3 Å². The minimum absolute atomic E-state index is 0.119. The maximum absolute atomic E-state index is 12.7. The van der Waals surface area contributed by atoms with E-state index in [1.165, 1.54) is 0 Å². The van der Waals surface area contributed by atoms with E-state index in [2.05, 4.69) is 16.4 Å². The predicted molar refractivity (Wildman–Crippen MR) is 111 cm³/mol. The van der Waals surface area contributed by atoms with Crippen molar-refractivity contribution in [2.24, 2.45) is 7.05 Å². The third-order valence-electron chi connectivity index (χ3n) is 4.57. The molecule has 0 bridgehead atoms. The lowest BCUT2D eigenvalue weighted by molar-refractivity contribution is 0.102. The molecule has 134 valence electrons. The molecule has 1 N–H and O–H groups in total. The number of rotatable bonds is 4. The zero-order valence-electron chi connectivity index (χ0n) is 15.1. The number of nitrogens with one attached hydrogen (secondary N) is 1. The van der Waals surface area contributed by atoms with Crippen molar-refractivity contribution in [2.45, 2.75) is 6.92 Å². The summed E-state index contributed by atoms with van der Waals surface area (Å²) in [5.74, 6) is 0.830. The van der Waals surface area contributed by atoms with Crippen LogP contribution < -0.4 is 5.32 Å². The lowest BCUT2D eigenvalue weighted by Crippen LogP contribution is -2.11. The molecule has 1 amide bonds. The van der Waals surface area contributed by atoms with E-state index in [9.17, 15) is 4.79 Å². The number of nitrogens with zero attached hydrogens (tertiary/aromatic N) is 2. The molecule has 0 aliphatic rings. The highest BCUT2D eigenvalue weighted by molar-refractivity contribution is 7.13. The summed E-state index contributed by atoms with van der Waals surface area (Å²) in [7, 11) is 1.99. The lowest BCUT2D eigenvalue weighted by atomic mass is 10.1. The van der Waals surface area contributed by atoms with Crippen LogP contribution in [0.1, 0.15) is 16.2 Å². The van der Waals surface area contributed by atoms with Gasteiger partial charge in [-0.3, -0.25) is 4.79 Å². The first-order valence-corrected chi connectivity index (χ1v) is 9.54. The second-order valence-corrected chi connectivity index (χ2v) is 7.29.